The second-order valence-corrected chi connectivity index (χ2v) is 24.9. The van der Waals surface area contributed by atoms with Gasteiger partial charge < -0.3 is 46.5 Å². The van der Waals surface area contributed by atoms with Crippen LogP contribution in [-0.2, 0) is 20.2 Å². The summed E-state index contributed by atoms with van der Waals surface area (Å²) in [6, 6.07) is 7.13. The summed E-state index contributed by atoms with van der Waals surface area (Å²) >= 11 is 0. The molecule has 15 nitrogen and oxygen atoms in total. The topological polar surface area (TPSA) is 203 Å². The summed E-state index contributed by atoms with van der Waals surface area (Å²) in [7, 11) is -3.13. The van der Waals surface area contributed by atoms with Crippen LogP contribution in [0, 0.1) is 0 Å². The van der Waals surface area contributed by atoms with Gasteiger partial charge in [0.15, 0.2) is 17.0 Å². The van der Waals surface area contributed by atoms with Crippen LogP contribution in [0.25, 0.3) is 11.2 Å². The SMILES string of the molecule is CCCCCCCCC=CCCCCCCCCOP(=O)(CCCNCCCNCCCCNCCCNC(=O)c1ccc(Cn2c(O)nc3c(N)nc(NCCCC)nc32)cc1)OCCCCCCCC/C=C\CCCCCCCC. The maximum absolute atomic E-state index is 13.9. The highest BCUT2D eigenvalue weighted by atomic mass is 31.2. The van der Waals surface area contributed by atoms with E-state index in [9.17, 15) is 14.5 Å². The fourth-order valence-corrected chi connectivity index (χ4v) is 11.7. The van der Waals surface area contributed by atoms with E-state index in [0.717, 1.165) is 122 Å². The van der Waals surface area contributed by atoms with Crippen molar-refractivity contribution in [3.63, 3.8) is 0 Å². The third-order valence-corrected chi connectivity index (χ3v) is 17.1. The quantitative estimate of drug-likeness (QED) is 0.0160. The zero-order valence-electron chi connectivity index (χ0n) is 52.2. The van der Waals surface area contributed by atoms with Gasteiger partial charge in [-0.1, -0.05) is 179 Å². The smallest absolute Gasteiger partial charge is 0.330 e. The van der Waals surface area contributed by atoms with Gasteiger partial charge in [-0.3, -0.25) is 13.9 Å². The van der Waals surface area contributed by atoms with Crippen LogP contribution in [0.3, 0.4) is 0 Å². The van der Waals surface area contributed by atoms with Gasteiger partial charge in [-0.2, -0.15) is 15.0 Å². The molecular formula is C66H119N10O5P. The molecule has 0 aliphatic carbocycles. The van der Waals surface area contributed by atoms with Crippen LogP contribution in [0.2, 0.25) is 0 Å². The number of hydrogen-bond donors (Lipinski definition) is 7. The van der Waals surface area contributed by atoms with Gasteiger partial charge in [0.2, 0.25) is 5.95 Å². The number of fused-ring (bicyclic) bond motifs is 1. The lowest BCUT2D eigenvalue weighted by molar-refractivity contribution is 0.0953. The molecule has 82 heavy (non-hydrogen) atoms. The first kappa shape index (κ1) is 72.4. The predicted molar refractivity (Wildman–Crippen MR) is 348 cm³/mol. The molecular weight excluding hydrogens is 1040 g/mol. The molecule has 0 fully saturated rings. The van der Waals surface area contributed by atoms with Crippen molar-refractivity contribution >= 4 is 36.4 Å². The fourth-order valence-electron chi connectivity index (χ4n) is 9.96. The van der Waals surface area contributed by atoms with Gasteiger partial charge in [0.25, 0.3) is 11.9 Å². The van der Waals surface area contributed by atoms with Gasteiger partial charge in [-0.15, -0.1) is 0 Å². The van der Waals surface area contributed by atoms with Gasteiger partial charge in [0, 0.05) is 18.7 Å². The lowest BCUT2D eigenvalue weighted by Gasteiger charge is -2.19. The van der Waals surface area contributed by atoms with Crippen LogP contribution in [0.4, 0.5) is 11.8 Å². The average molecular weight is 1160 g/mol. The number of nitrogen functional groups attached to an aromatic ring is 1. The van der Waals surface area contributed by atoms with E-state index in [2.05, 4.69) is 86.6 Å². The van der Waals surface area contributed by atoms with Crippen LogP contribution in [0.15, 0.2) is 48.6 Å². The summed E-state index contributed by atoms with van der Waals surface area (Å²) in [5, 5.41) is 27.4. The lowest BCUT2D eigenvalue weighted by atomic mass is 10.1. The molecule has 0 saturated carbocycles. The molecule has 3 rings (SSSR count). The number of unbranched alkanes of at least 4 members (excludes halogenated alkanes) is 26. The second-order valence-electron chi connectivity index (χ2n) is 22.7. The van der Waals surface area contributed by atoms with Gasteiger partial charge in [-0.25, -0.2) is 0 Å². The number of hydrogen-bond acceptors (Lipinski definition) is 13. The summed E-state index contributed by atoms with van der Waals surface area (Å²) < 4.78 is 27.7. The van der Waals surface area contributed by atoms with Crippen molar-refractivity contribution in [2.75, 3.05) is 82.8 Å². The Labute approximate surface area is 499 Å². The van der Waals surface area contributed by atoms with E-state index < -0.39 is 7.60 Å². The van der Waals surface area contributed by atoms with Crippen molar-refractivity contribution in [3.05, 3.63) is 59.7 Å². The highest BCUT2D eigenvalue weighted by Crippen LogP contribution is 2.49. The van der Waals surface area contributed by atoms with Gasteiger partial charge in [0.1, 0.15) is 0 Å². The Morgan fingerprint density at radius 1 is 0.524 bits per heavy atom. The number of carbonyl (C=O) groups excluding carboxylic acids is 1. The fraction of sp³-hybridized carbons (Fsp3) is 0.758. The Morgan fingerprint density at radius 2 is 0.963 bits per heavy atom. The Bertz CT molecular complexity index is 2050. The zero-order chi connectivity index (χ0) is 58.7. The number of nitrogens with zero attached hydrogens (tertiary/aromatic N) is 4. The second kappa shape index (κ2) is 50.5. The number of carbonyl (C=O) groups is 1. The maximum Gasteiger partial charge on any atom is 0.330 e. The monoisotopic (exact) mass is 1160 g/mol. The Balaban J connectivity index is 1.20. The van der Waals surface area contributed by atoms with Crippen molar-refractivity contribution < 1.29 is 23.5 Å². The third kappa shape index (κ3) is 36.8. The molecule has 16 heteroatoms. The van der Waals surface area contributed by atoms with Crippen molar-refractivity contribution in [2.45, 2.75) is 252 Å². The number of amides is 1. The molecule has 0 spiro atoms. The highest BCUT2D eigenvalue weighted by molar-refractivity contribution is 7.53. The van der Waals surface area contributed by atoms with Gasteiger partial charge in [-0.05, 0) is 160 Å². The van der Waals surface area contributed by atoms with Crippen molar-refractivity contribution in [3.8, 4) is 6.01 Å². The summed E-state index contributed by atoms with van der Waals surface area (Å²) in [6.45, 7) is 14.8. The standard InChI is InChI=1S/C66H119N10O5P/c1-4-7-10-12-14-16-18-20-22-24-26-28-30-32-34-38-55-80-82(79,81-56-39-35-33-31-29-27-25-23-21-19-17-15-13-11-8-5-2)57-42-52-70-50-40-49-68-47-36-37-48-69-51-41-54-71-64(77)60-45-43-59(44-46-60)58-76-63-61(73-66(76)78)62(67)74-65(75-63)72-53-9-6-3/h20-23,43-46,68-70H,4-19,24-42,47-58H2,1-3H3,(H,71,77)(H,73,78)(H3,67,72,74,75)/b22-20-,23-21?. The van der Waals surface area contributed by atoms with Crippen LogP contribution < -0.4 is 32.3 Å². The molecule has 2 aromatic heterocycles. The Morgan fingerprint density at radius 3 is 1.46 bits per heavy atom. The predicted octanol–water partition coefficient (Wildman–Crippen LogP) is 16.1. The molecule has 0 aliphatic heterocycles. The molecule has 0 saturated heterocycles. The lowest BCUT2D eigenvalue weighted by Crippen LogP contribution is -2.28. The van der Waals surface area contributed by atoms with Crippen LogP contribution >= 0.6 is 7.60 Å². The van der Waals surface area contributed by atoms with Crippen LogP contribution in [-0.4, -0.2) is 102 Å². The minimum absolute atomic E-state index is 0.114. The number of rotatable bonds is 58. The highest BCUT2D eigenvalue weighted by Gasteiger charge is 2.24. The first-order chi connectivity index (χ1) is 40.3. The molecule has 468 valence electrons. The summed E-state index contributed by atoms with van der Waals surface area (Å²) in [4.78, 5) is 25.9. The number of imidazole rings is 1. The van der Waals surface area contributed by atoms with E-state index >= 15 is 0 Å². The number of allylic oxidation sites excluding steroid dienone is 4. The molecule has 0 radical (unpaired) electrons. The van der Waals surface area contributed by atoms with Crippen LogP contribution in [0.1, 0.15) is 261 Å². The maximum atomic E-state index is 13.9. The van der Waals surface area contributed by atoms with Crippen molar-refractivity contribution in [1.29, 1.82) is 0 Å². The molecule has 8 N–H and O–H groups in total. The molecule has 1 unspecified atom stereocenters. The minimum Gasteiger partial charge on any atom is -0.480 e. The minimum atomic E-state index is -3.13. The van der Waals surface area contributed by atoms with Crippen molar-refractivity contribution in [1.82, 2.24) is 40.8 Å². The number of nitrogens with two attached hydrogens (primary N) is 1. The van der Waals surface area contributed by atoms with E-state index in [1.54, 1.807) is 16.7 Å². The van der Waals surface area contributed by atoms with E-state index in [-0.39, 0.29) is 17.7 Å². The van der Waals surface area contributed by atoms with Crippen LogP contribution in [0.5, 0.6) is 6.01 Å². The zero-order valence-corrected chi connectivity index (χ0v) is 53.1. The molecule has 1 aromatic carbocycles. The molecule has 1 amide bonds. The van der Waals surface area contributed by atoms with E-state index in [4.69, 9.17) is 14.8 Å². The third-order valence-electron chi connectivity index (χ3n) is 15.1. The molecule has 2 heterocycles. The number of anilines is 2. The molecule has 1 atom stereocenters. The summed E-state index contributed by atoms with van der Waals surface area (Å²) in [5.74, 6) is 0.494. The number of aromatic hydroxyl groups is 1. The van der Waals surface area contributed by atoms with E-state index in [0.29, 0.717) is 55.1 Å². The number of benzene rings is 1. The average Bonchev–Trinajstić information content (AvgIpc) is 4.03. The van der Waals surface area contributed by atoms with Crippen molar-refractivity contribution in [2.24, 2.45) is 0 Å². The number of aromatic nitrogens is 4. The largest absolute Gasteiger partial charge is 0.480 e. The first-order valence-electron chi connectivity index (χ1n) is 33.4. The van der Waals surface area contributed by atoms with Gasteiger partial charge in [0.05, 0.1) is 25.9 Å². The number of nitrogens with one attached hydrogen (secondary N) is 5. The Hall–Kier alpha value is -3.85. The van der Waals surface area contributed by atoms with Gasteiger partial charge >= 0.3 is 7.60 Å². The summed E-state index contributed by atoms with van der Waals surface area (Å²) in [6.07, 6.45) is 52.4. The normalized spacial score (nSPS) is 12.6. The molecule has 3 aromatic rings. The first-order valence-corrected chi connectivity index (χ1v) is 35.2. The summed E-state index contributed by atoms with van der Waals surface area (Å²) in [5.41, 5.74) is 8.40. The molecule has 0 bridgehead atoms. The molecule has 0 aliphatic rings. The van der Waals surface area contributed by atoms with E-state index in [1.807, 2.05) is 12.1 Å². The Kier molecular flexibility index (Phi) is 44.6. The van der Waals surface area contributed by atoms with E-state index in [1.165, 1.54) is 154 Å².